The first kappa shape index (κ1) is 11.2. The van der Waals surface area contributed by atoms with E-state index in [9.17, 15) is 0 Å². The van der Waals surface area contributed by atoms with Gasteiger partial charge < -0.3 is 5.32 Å². The molecule has 3 rings (SSSR count). The number of aryl methyl sites for hydroxylation is 1. The average molecular weight is 255 g/mol. The molecule has 0 bridgehead atoms. The number of fused-ring (bicyclic) bond motifs is 1. The third-order valence-corrected chi connectivity index (χ3v) is 3.42. The van der Waals surface area contributed by atoms with Crippen molar-refractivity contribution in [3.63, 3.8) is 0 Å². The van der Waals surface area contributed by atoms with Crippen LogP contribution in [0.15, 0.2) is 41.2 Å². The molecule has 4 heteroatoms. The lowest BCUT2D eigenvalue weighted by atomic mass is 10.1. The Morgan fingerprint density at radius 2 is 2.17 bits per heavy atom. The van der Waals surface area contributed by atoms with Crippen molar-refractivity contribution in [2.45, 2.75) is 13.5 Å². The highest BCUT2D eigenvalue weighted by atomic mass is 32.1. The van der Waals surface area contributed by atoms with Crippen LogP contribution >= 0.6 is 11.3 Å². The topological polar surface area (TPSA) is 37.8 Å². The van der Waals surface area contributed by atoms with Gasteiger partial charge in [-0.1, -0.05) is 18.2 Å². The molecule has 0 spiro atoms. The summed E-state index contributed by atoms with van der Waals surface area (Å²) in [6.45, 7) is 2.76. The Morgan fingerprint density at radius 1 is 1.28 bits per heavy atom. The maximum atomic E-state index is 4.53. The minimum Gasteiger partial charge on any atom is -0.379 e. The zero-order chi connectivity index (χ0) is 12.4. The van der Waals surface area contributed by atoms with Crippen molar-refractivity contribution < 1.29 is 0 Å². The Hall–Kier alpha value is -1.94. The Morgan fingerprint density at radius 3 is 3.00 bits per heavy atom. The highest BCUT2D eigenvalue weighted by Crippen LogP contribution is 2.23. The molecule has 2 aromatic heterocycles. The molecule has 2 heterocycles. The monoisotopic (exact) mass is 255 g/mol. The molecule has 0 fully saturated rings. The van der Waals surface area contributed by atoms with Crippen LogP contribution in [0.4, 0.5) is 5.69 Å². The summed E-state index contributed by atoms with van der Waals surface area (Å²) in [4.78, 5) is 8.80. The van der Waals surface area contributed by atoms with Gasteiger partial charge in [-0.25, -0.2) is 4.98 Å². The highest BCUT2D eigenvalue weighted by Gasteiger charge is 2.03. The summed E-state index contributed by atoms with van der Waals surface area (Å²) in [5.74, 6) is 0. The van der Waals surface area contributed by atoms with Crippen LogP contribution in [0.5, 0.6) is 0 Å². The van der Waals surface area contributed by atoms with Gasteiger partial charge in [0.1, 0.15) is 0 Å². The van der Waals surface area contributed by atoms with Crippen molar-refractivity contribution >= 4 is 27.9 Å². The van der Waals surface area contributed by atoms with E-state index in [0.717, 1.165) is 34.5 Å². The van der Waals surface area contributed by atoms with Crippen molar-refractivity contribution in [2.75, 3.05) is 5.32 Å². The zero-order valence-electron chi connectivity index (χ0n) is 10.1. The van der Waals surface area contributed by atoms with E-state index in [0.29, 0.717) is 0 Å². The van der Waals surface area contributed by atoms with E-state index in [1.807, 2.05) is 30.6 Å². The van der Waals surface area contributed by atoms with Gasteiger partial charge in [0.2, 0.25) is 0 Å². The molecule has 0 aliphatic rings. The molecule has 0 unspecified atom stereocenters. The number of benzene rings is 1. The maximum absolute atomic E-state index is 4.53. The van der Waals surface area contributed by atoms with Crippen LogP contribution in [0.3, 0.4) is 0 Å². The average Bonchev–Trinajstić information content (AvgIpc) is 2.89. The van der Waals surface area contributed by atoms with Crippen LogP contribution in [0.1, 0.15) is 11.4 Å². The summed E-state index contributed by atoms with van der Waals surface area (Å²) in [6, 6.07) is 10.3. The summed E-state index contributed by atoms with van der Waals surface area (Å²) in [5.41, 5.74) is 6.09. The van der Waals surface area contributed by atoms with Crippen molar-refractivity contribution in [1.82, 2.24) is 9.97 Å². The number of para-hydroxylation sites is 1. The number of anilines is 1. The molecular formula is C14H13N3S. The molecule has 1 N–H and O–H groups in total. The fraction of sp³-hybridized carbons (Fsp3) is 0.143. The quantitative estimate of drug-likeness (QED) is 0.777. The molecule has 0 saturated carbocycles. The summed E-state index contributed by atoms with van der Waals surface area (Å²) in [5, 5.41) is 6.65. The maximum Gasteiger partial charge on any atom is 0.0795 e. The molecule has 0 aliphatic heterocycles. The van der Waals surface area contributed by atoms with Crippen molar-refractivity contribution in [1.29, 1.82) is 0 Å². The first-order chi connectivity index (χ1) is 8.83. The van der Waals surface area contributed by atoms with Crippen LogP contribution in [0.25, 0.3) is 10.9 Å². The number of thiazole rings is 1. The molecule has 3 nitrogen and oxygen atoms in total. The molecule has 90 valence electrons. The fourth-order valence-electron chi connectivity index (χ4n) is 1.96. The van der Waals surface area contributed by atoms with Gasteiger partial charge in [0.15, 0.2) is 0 Å². The second kappa shape index (κ2) is 4.74. The number of hydrogen-bond acceptors (Lipinski definition) is 4. The summed E-state index contributed by atoms with van der Waals surface area (Å²) < 4.78 is 0. The van der Waals surface area contributed by atoms with Gasteiger partial charge in [-0.15, -0.1) is 11.3 Å². The van der Waals surface area contributed by atoms with Gasteiger partial charge in [-0.05, 0) is 19.1 Å². The lowest BCUT2D eigenvalue weighted by Crippen LogP contribution is -2.01. The third kappa shape index (κ3) is 2.19. The largest absolute Gasteiger partial charge is 0.379 e. The Labute approximate surface area is 110 Å². The van der Waals surface area contributed by atoms with Gasteiger partial charge in [-0.3, -0.25) is 4.98 Å². The van der Waals surface area contributed by atoms with E-state index < -0.39 is 0 Å². The lowest BCUT2D eigenvalue weighted by Gasteiger charge is -2.09. The normalized spacial score (nSPS) is 10.7. The molecule has 0 radical (unpaired) electrons. The van der Waals surface area contributed by atoms with Gasteiger partial charge in [0.25, 0.3) is 0 Å². The van der Waals surface area contributed by atoms with E-state index in [1.54, 1.807) is 11.3 Å². The molecule has 0 atom stereocenters. The highest BCUT2D eigenvalue weighted by molar-refractivity contribution is 7.07. The predicted octanol–water partition coefficient (Wildman–Crippen LogP) is 3.61. The zero-order valence-corrected chi connectivity index (χ0v) is 10.9. The third-order valence-electron chi connectivity index (χ3n) is 2.79. The van der Waals surface area contributed by atoms with Gasteiger partial charge in [0.05, 0.1) is 23.3 Å². The molecule has 3 aromatic rings. The second-order valence-corrected chi connectivity index (χ2v) is 4.88. The van der Waals surface area contributed by atoms with Crippen LogP contribution < -0.4 is 5.32 Å². The lowest BCUT2D eigenvalue weighted by molar-refractivity contribution is 1.07. The minimum absolute atomic E-state index is 0.747. The second-order valence-electron chi connectivity index (χ2n) is 4.16. The van der Waals surface area contributed by atoms with Crippen molar-refractivity contribution in [2.24, 2.45) is 0 Å². The molecule has 1 aromatic carbocycles. The summed E-state index contributed by atoms with van der Waals surface area (Å²) >= 11 is 1.62. The molecular weight excluding hydrogens is 242 g/mol. The first-order valence-electron chi connectivity index (χ1n) is 5.80. The number of pyridine rings is 1. The van der Waals surface area contributed by atoms with Gasteiger partial charge in [-0.2, -0.15) is 0 Å². The molecule has 0 saturated heterocycles. The van der Waals surface area contributed by atoms with Gasteiger partial charge >= 0.3 is 0 Å². The predicted molar refractivity (Wildman–Crippen MR) is 75.9 cm³/mol. The van der Waals surface area contributed by atoms with Gasteiger partial charge in [0, 0.05) is 22.1 Å². The first-order valence-corrected chi connectivity index (χ1v) is 6.74. The van der Waals surface area contributed by atoms with Crippen LogP contribution in [-0.4, -0.2) is 9.97 Å². The summed E-state index contributed by atoms with van der Waals surface area (Å²) in [6.07, 6.45) is 0. The molecule has 18 heavy (non-hydrogen) atoms. The van der Waals surface area contributed by atoms with Crippen LogP contribution in [-0.2, 0) is 6.54 Å². The number of rotatable bonds is 3. The van der Waals surface area contributed by atoms with E-state index in [1.165, 1.54) is 0 Å². The standard InChI is InChI=1S/C14H13N3S/c1-10-6-14(15-7-11-8-18-9-16-11)12-4-2-3-5-13(12)17-10/h2-6,8-9H,7H2,1H3,(H,15,17). The minimum atomic E-state index is 0.747. The molecule has 0 aliphatic carbocycles. The Bertz CT molecular complexity index is 662. The fourth-order valence-corrected chi connectivity index (χ4v) is 2.52. The molecule has 0 amide bonds. The number of hydrogen-bond donors (Lipinski definition) is 1. The van der Waals surface area contributed by atoms with E-state index in [2.05, 4.69) is 32.8 Å². The summed E-state index contributed by atoms with van der Waals surface area (Å²) in [7, 11) is 0. The van der Waals surface area contributed by atoms with Crippen LogP contribution in [0, 0.1) is 6.92 Å². The number of nitrogens with zero attached hydrogens (tertiary/aromatic N) is 2. The van der Waals surface area contributed by atoms with E-state index in [-0.39, 0.29) is 0 Å². The SMILES string of the molecule is Cc1cc(NCc2cscn2)c2ccccc2n1. The number of nitrogens with one attached hydrogen (secondary N) is 1. The van der Waals surface area contributed by atoms with Crippen LogP contribution in [0.2, 0.25) is 0 Å². The van der Waals surface area contributed by atoms with Crippen molar-refractivity contribution in [3.8, 4) is 0 Å². The van der Waals surface area contributed by atoms with E-state index >= 15 is 0 Å². The smallest absolute Gasteiger partial charge is 0.0795 e. The van der Waals surface area contributed by atoms with Crippen molar-refractivity contribution in [3.05, 3.63) is 52.6 Å². The Kier molecular flexibility index (Phi) is 2.94. The number of aromatic nitrogens is 2. The Balaban J connectivity index is 1.95. The van der Waals surface area contributed by atoms with E-state index in [4.69, 9.17) is 0 Å².